The molecule has 0 aromatic heterocycles. The van der Waals surface area contributed by atoms with E-state index in [2.05, 4.69) is 0 Å². The SMILES string of the molecule is CCCC(O)CC(CO)CO. The summed E-state index contributed by atoms with van der Waals surface area (Å²) in [5.41, 5.74) is 0. The second-order valence-corrected chi connectivity index (χ2v) is 2.91. The van der Waals surface area contributed by atoms with Crippen LogP contribution in [0, 0.1) is 5.92 Å². The molecule has 0 saturated heterocycles. The molecule has 0 aromatic rings. The Morgan fingerprint density at radius 2 is 1.73 bits per heavy atom. The molecule has 3 nitrogen and oxygen atoms in total. The van der Waals surface area contributed by atoms with Gasteiger partial charge in [0, 0.05) is 19.1 Å². The van der Waals surface area contributed by atoms with Crippen LogP contribution in [0.2, 0.25) is 0 Å². The fraction of sp³-hybridized carbons (Fsp3) is 1.00. The molecular weight excluding hydrogens is 144 g/mol. The van der Waals surface area contributed by atoms with E-state index in [4.69, 9.17) is 10.2 Å². The smallest absolute Gasteiger partial charge is 0.0544 e. The fourth-order valence-corrected chi connectivity index (χ4v) is 1.04. The predicted octanol–water partition coefficient (Wildman–Crippen LogP) is 0.138. The third-order valence-electron chi connectivity index (χ3n) is 1.74. The summed E-state index contributed by atoms with van der Waals surface area (Å²) in [5, 5.41) is 26.6. The third-order valence-corrected chi connectivity index (χ3v) is 1.74. The largest absolute Gasteiger partial charge is 0.396 e. The Hall–Kier alpha value is -0.120. The van der Waals surface area contributed by atoms with E-state index in [-0.39, 0.29) is 25.2 Å². The number of rotatable bonds is 6. The molecule has 1 unspecified atom stereocenters. The van der Waals surface area contributed by atoms with Crippen LogP contribution in [0.5, 0.6) is 0 Å². The standard InChI is InChI=1S/C8H18O3/c1-2-3-8(11)4-7(5-9)6-10/h7-11H,2-6H2,1H3. The van der Waals surface area contributed by atoms with Crippen LogP contribution < -0.4 is 0 Å². The second kappa shape index (κ2) is 6.58. The van der Waals surface area contributed by atoms with Gasteiger partial charge in [-0.1, -0.05) is 13.3 Å². The first kappa shape index (κ1) is 10.9. The summed E-state index contributed by atoms with van der Waals surface area (Å²) in [6, 6.07) is 0. The van der Waals surface area contributed by atoms with Gasteiger partial charge in [0.1, 0.15) is 0 Å². The van der Waals surface area contributed by atoms with Crippen LogP contribution in [-0.4, -0.2) is 34.6 Å². The van der Waals surface area contributed by atoms with E-state index >= 15 is 0 Å². The highest BCUT2D eigenvalue weighted by molar-refractivity contribution is 4.62. The molecule has 68 valence electrons. The maximum atomic E-state index is 9.26. The lowest BCUT2D eigenvalue weighted by Crippen LogP contribution is -2.19. The molecule has 0 aliphatic heterocycles. The van der Waals surface area contributed by atoms with Gasteiger partial charge in [0.15, 0.2) is 0 Å². The normalized spacial score (nSPS) is 13.9. The van der Waals surface area contributed by atoms with Crippen LogP contribution in [0.25, 0.3) is 0 Å². The first-order valence-corrected chi connectivity index (χ1v) is 4.14. The molecule has 0 aliphatic carbocycles. The zero-order valence-electron chi connectivity index (χ0n) is 7.03. The van der Waals surface area contributed by atoms with E-state index in [1.165, 1.54) is 0 Å². The quantitative estimate of drug-likeness (QED) is 0.520. The van der Waals surface area contributed by atoms with Gasteiger partial charge < -0.3 is 15.3 Å². The molecule has 0 fully saturated rings. The van der Waals surface area contributed by atoms with Crippen molar-refractivity contribution < 1.29 is 15.3 Å². The monoisotopic (exact) mass is 162 g/mol. The summed E-state index contributed by atoms with van der Waals surface area (Å²) in [6.45, 7) is 1.91. The van der Waals surface area contributed by atoms with E-state index in [1.54, 1.807) is 0 Å². The molecule has 0 aliphatic rings. The minimum Gasteiger partial charge on any atom is -0.396 e. The van der Waals surface area contributed by atoms with Crippen molar-refractivity contribution in [2.75, 3.05) is 13.2 Å². The summed E-state index contributed by atoms with van der Waals surface area (Å²) in [4.78, 5) is 0. The average molecular weight is 162 g/mol. The molecule has 3 heteroatoms. The highest BCUT2D eigenvalue weighted by Gasteiger charge is 2.11. The summed E-state index contributed by atoms with van der Waals surface area (Å²) in [6.07, 6.45) is 1.81. The molecule has 1 atom stereocenters. The minimum atomic E-state index is -0.371. The van der Waals surface area contributed by atoms with Crippen LogP contribution in [0.15, 0.2) is 0 Å². The van der Waals surface area contributed by atoms with Crippen molar-refractivity contribution in [3.8, 4) is 0 Å². The topological polar surface area (TPSA) is 60.7 Å². The lowest BCUT2D eigenvalue weighted by Gasteiger charge is -2.14. The van der Waals surface area contributed by atoms with Crippen LogP contribution in [0.1, 0.15) is 26.2 Å². The van der Waals surface area contributed by atoms with Gasteiger partial charge in [-0.05, 0) is 12.8 Å². The Morgan fingerprint density at radius 3 is 2.09 bits per heavy atom. The van der Waals surface area contributed by atoms with Gasteiger partial charge in [-0.2, -0.15) is 0 Å². The van der Waals surface area contributed by atoms with E-state index in [0.717, 1.165) is 12.8 Å². The fourth-order valence-electron chi connectivity index (χ4n) is 1.04. The minimum absolute atomic E-state index is 0.0444. The van der Waals surface area contributed by atoms with Crippen molar-refractivity contribution in [3.05, 3.63) is 0 Å². The molecule has 0 bridgehead atoms. The molecule has 3 N–H and O–H groups in total. The lowest BCUT2D eigenvalue weighted by atomic mass is 10.0. The van der Waals surface area contributed by atoms with Gasteiger partial charge in [-0.15, -0.1) is 0 Å². The van der Waals surface area contributed by atoms with Crippen molar-refractivity contribution in [1.82, 2.24) is 0 Å². The van der Waals surface area contributed by atoms with Gasteiger partial charge >= 0.3 is 0 Å². The Kier molecular flexibility index (Phi) is 6.51. The Morgan fingerprint density at radius 1 is 1.18 bits per heavy atom. The van der Waals surface area contributed by atoms with Crippen LogP contribution in [-0.2, 0) is 0 Å². The molecule has 0 radical (unpaired) electrons. The van der Waals surface area contributed by atoms with Gasteiger partial charge in [-0.3, -0.25) is 0 Å². The summed E-state index contributed by atoms with van der Waals surface area (Å²) < 4.78 is 0. The average Bonchev–Trinajstić information content (AvgIpc) is 2.01. The number of hydrogen-bond donors (Lipinski definition) is 3. The van der Waals surface area contributed by atoms with E-state index in [9.17, 15) is 5.11 Å². The van der Waals surface area contributed by atoms with Gasteiger partial charge in [0.2, 0.25) is 0 Å². The first-order valence-electron chi connectivity index (χ1n) is 4.14. The molecule has 0 saturated carbocycles. The van der Waals surface area contributed by atoms with Gasteiger partial charge in [-0.25, -0.2) is 0 Å². The third kappa shape index (κ3) is 5.18. The maximum absolute atomic E-state index is 9.26. The molecular formula is C8H18O3. The number of aliphatic hydroxyl groups excluding tert-OH is 3. The highest BCUT2D eigenvalue weighted by Crippen LogP contribution is 2.09. The van der Waals surface area contributed by atoms with Crippen molar-refractivity contribution in [1.29, 1.82) is 0 Å². The molecule has 0 rings (SSSR count). The summed E-state index contributed by atoms with van der Waals surface area (Å²) in [5.74, 6) is -0.156. The Bertz CT molecular complexity index is 81.4. The number of hydrogen-bond acceptors (Lipinski definition) is 3. The molecule has 0 heterocycles. The Labute approximate surface area is 67.7 Å². The maximum Gasteiger partial charge on any atom is 0.0544 e. The lowest BCUT2D eigenvalue weighted by molar-refractivity contribution is 0.0784. The van der Waals surface area contributed by atoms with Crippen molar-refractivity contribution in [2.45, 2.75) is 32.3 Å². The molecule has 0 amide bonds. The van der Waals surface area contributed by atoms with E-state index < -0.39 is 0 Å². The number of aliphatic hydroxyl groups is 3. The van der Waals surface area contributed by atoms with Crippen molar-refractivity contribution >= 4 is 0 Å². The van der Waals surface area contributed by atoms with Gasteiger partial charge in [0.25, 0.3) is 0 Å². The van der Waals surface area contributed by atoms with Crippen molar-refractivity contribution in [3.63, 3.8) is 0 Å². The second-order valence-electron chi connectivity index (χ2n) is 2.91. The molecule has 0 aromatic carbocycles. The van der Waals surface area contributed by atoms with Crippen LogP contribution in [0.3, 0.4) is 0 Å². The zero-order valence-corrected chi connectivity index (χ0v) is 7.03. The predicted molar refractivity (Wildman–Crippen MR) is 43.2 cm³/mol. The molecule has 0 spiro atoms. The van der Waals surface area contributed by atoms with Gasteiger partial charge in [0.05, 0.1) is 6.10 Å². The van der Waals surface area contributed by atoms with Crippen LogP contribution >= 0.6 is 0 Å². The van der Waals surface area contributed by atoms with Crippen LogP contribution in [0.4, 0.5) is 0 Å². The van der Waals surface area contributed by atoms with Crippen molar-refractivity contribution in [2.24, 2.45) is 5.92 Å². The summed E-state index contributed by atoms with van der Waals surface area (Å²) >= 11 is 0. The highest BCUT2D eigenvalue weighted by atomic mass is 16.3. The van der Waals surface area contributed by atoms with E-state index in [1.807, 2.05) is 6.92 Å². The Balaban J connectivity index is 3.44. The summed E-state index contributed by atoms with van der Waals surface area (Å²) in [7, 11) is 0. The zero-order chi connectivity index (χ0) is 8.69. The first-order chi connectivity index (χ1) is 5.24. The molecule has 11 heavy (non-hydrogen) atoms. The van der Waals surface area contributed by atoms with E-state index in [0.29, 0.717) is 6.42 Å².